The lowest BCUT2D eigenvalue weighted by atomic mass is 10.0. The number of hydrogen-bond acceptors (Lipinski definition) is 4. The van der Waals surface area contributed by atoms with Gasteiger partial charge in [0.25, 0.3) is 0 Å². The molecule has 3 nitrogen and oxygen atoms in total. The maximum Gasteiger partial charge on any atom is 0.206 e. The lowest BCUT2D eigenvalue weighted by Crippen LogP contribution is -1.99. The van der Waals surface area contributed by atoms with Gasteiger partial charge in [0.15, 0.2) is 0 Å². The molecule has 0 atom stereocenters. The van der Waals surface area contributed by atoms with Crippen molar-refractivity contribution in [3.63, 3.8) is 0 Å². The zero-order valence-corrected chi connectivity index (χ0v) is 13.9. The summed E-state index contributed by atoms with van der Waals surface area (Å²) in [5.41, 5.74) is 3.35. The summed E-state index contributed by atoms with van der Waals surface area (Å²) >= 11 is 4.86. The first-order chi connectivity index (χ1) is 10.6. The van der Waals surface area contributed by atoms with Crippen molar-refractivity contribution in [3.8, 4) is 0 Å². The molecule has 108 valence electrons. The van der Waals surface area contributed by atoms with Crippen LogP contribution >= 0.6 is 27.3 Å². The quantitative estimate of drug-likeness (QED) is 0.630. The third kappa shape index (κ3) is 3.05. The van der Waals surface area contributed by atoms with E-state index in [2.05, 4.69) is 32.5 Å². The van der Waals surface area contributed by atoms with Crippen molar-refractivity contribution < 1.29 is 4.79 Å². The molecule has 1 aromatic carbocycles. The maximum atomic E-state index is 12.4. The number of carbonyl (C=O) groups is 1. The summed E-state index contributed by atoms with van der Waals surface area (Å²) in [7, 11) is 0. The fraction of sp³-hybridized carbons (Fsp3) is 0. The molecular weight excluding hydrogens is 360 g/mol. The minimum absolute atomic E-state index is 0.0705. The zero-order valence-electron chi connectivity index (χ0n) is 11.5. The number of halogens is 1. The van der Waals surface area contributed by atoms with Crippen molar-refractivity contribution in [3.05, 3.63) is 87.1 Å². The molecule has 0 N–H and O–H groups in total. The Morgan fingerprint density at radius 1 is 1.09 bits per heavy atom. The number of nitrogens with zero attached hydrogens (tertiary/aromatic N) is 2. The summed E-state index contributed by atoms with van der Waals surface area (Å²) in [6.45, 7) is 4.13. The van der Waals surface area contributed by atoms with Crippen LogP contribution in [0.5, 0.6) is 0 Å². The van der Waals surface area contributed by atoms with Crippen LogP contribution in [0, 0.1) is 0 Å². The molecule has 3 aromatic rings. The van der Waals surface area contributed by atoms with Crippen LogP contribution in [-0.4, -0.2) is 15.8 Å². The van der Waals surface area contributed by atoms with Crippen LogP contribution in [0.15, 0.2) is 65.5 Å². The van der Waals surface area contributed by atoms with Crippen LogP contribution < -0.4 is 0 Å². The minimum Gasteiger partial charge on any atom is -0.288 e. The maximum absolute atomic E-state index is 12.4. The van der Waals surface area contributed by atoms with E-state index in [1.165, 1.54) is 30.1 Å². The molecule has 22 heavy (non-hydrogen) atoms. The number of aromatic nitrogens is 2. The summed E-state index contributed by atoms with van der Waals surface area (Å²) < 4.78 is 0.999. The topological polar surface area (TPSA) is 42.9 Å². The molecule has 3 rings (SSSR count). The van der Waals surface area contributed by atoms with Gasteiger partial charge in [0.2, 0.25) is 5.78 Å². The van der Waals surface area contributed by atoms with Crippen LogP contribution in [0.1, 0.15) is 26.4 Å². The van der Waals surface area contributed by atoms with Gasteiger partial charge in [-0.3, -0.25) is 4.79 Å². The van der Waals surface area contributed by atoms with Crippen molar-refractivity contribution in [1.82, 2.24) is 9.97 Å². The van der Waals surface area contributed by atoms with E-state index in [-0.39, 0.29) is 5.78 Å². The van der Waals surface area contributed by atoms with Gasteiger partial charge in [-0.1, -0.05) is 34.6 Å². The number of ketones is 1. The molecule has 0 spiro atoms. The van der Waals surface area contributed by atoms with E-state index in [9.17, 15) is 4.79 Å². The second-order valence-corrected chi connectivity index (χ2v) is 6.47. The van der Waals surface area contributed by atoms with E-state index >= 15 is 0 Å². The molecule has 2 heterocycles. The number of carbonyl (C=O) groups excluding carboxylic acids is 1. The summed E-state index contributed by atoms with van der Waals surface area (Å²) in [6.07, 6.45) is 4.46. The molecule has 0 saturated heterocycles. The number of hydrogen-bond donors (Lipinski definition) is 0. The van der Waals surface area contributed by atoms with E-state index in [0.29, 0.717) is 10.4 Å². The molecule has 0 radical (unpaired) electrons. The summed E-state index contributed by atoms with van der Waals surface area (Å²) in [5.74, 6) is -0.0705. The van der Waals surface area contributed by atoms with Gasteiger partial charge in [0.05, 0.1) is 10.4 Å². The zero-order chi connectivity index (χ0) is 15.5. The number of thiophene rings is 1. The van der Waals surface area contributed by atoms with E-state index in [1.807, 2.05) is 35.7 Å². The molecule has 2 aromatic heterocycles. The van der Waals surface area contributed by atoms with Gasteiger partial charge in [0, 0.05) is 16.9 Å². The fourth-order valence-electron chi connectivity index (χ4n) is 2.02. The SMILES string of the molecule is C=C(c1cccc(Br)c1)c1csc(C(=O)c2cncnc2)c1. The van der Waals surface area contributed by atoms with Crippen LogP contribution in [0.25, 0.3) is 5.57 Å². The van der Waals surface area contributed by atoms with Gasteiger partial charge >= 0.3 is 0 Å². The molecule has 0 bridgehead atoms. The Labute approximate surface area is 140 Å². The van der Waals surface area contributed by atoms with Gasteiger partial charge in [0.1, 0.15) is 6.33 Å². The second kappa shape index (κ2) is 6.34. The standard InChI is InChI=1S/C17H11BrN2OS/c1-11(12-3-2-4-15(18)5-12)13-6-16(22-9-13)17(21)14-7-19-10-20-8-14/h2-10H,1H2. The third-order valence-corrected chi connectivity index (χ3v) is 4.59. The Morgan fingerprint density at radius 3 is 2.59 bits per heavy atom. The average Bonchev–Trinajstić information content (AvgIpc) is 3.04. The normalized spacial score (nSPS) is 10.4. The Bertz CT molecular complexity index is 843. The first kappa shape index (κ1) is 14.8. The van der Waals surface area contributed by atoms with Crippen molar-refractivity contribution >= 4 is 38.6 Å². The van der Waals surface area contributed by atoms with Gasteiger partial charge in [-0.2, -0.15) is 0 Å². The molecule has 0 aliphatic rings. The highest BCUT2D eigenvalue weighted by Gasteiger charge is 2.14. The molecule has 0 amide bonds. The highest BCUT2D eigenvalue weighted by atomic mass is 79.9. The van der Waals surface area contributed by atoms with Crippen molar-refractivity contribution in [1.29, 1.82) is 0 Å². The van der Waals surface area contributed by atoms with Crippen LogP contribution in [0.4, 0.5) is 0 Å². The summed E-state index contributed by atoms with van der Waals surface area (Å²) in [5, 5.41) is 1.94. The fourth-order valence-corrected chi connectivity index (χ4v) is 3.30. The lowest BCUT2D eigenvalue weighted by Gasteiger charge is -2.04. The van der Waals surface area contributed by atoms with E-state index in [4.69, 9.17) is 0 Å². The van der Waals surface area contributed by atoms with Gasteiger partial charge < -0.3 is 0 Å². The number of benzene rings is 1. The van der Waals surface area contributed by atoms with Crippen LogP contribution in [0.3, 0.4) is 0 Å². The van der Waals surface area contributed by atoms with E-state index in [1.54, 1.807) is 0 Å². The van der Waals surface area contributed by atoms with Gasteiger partial charge in [-0.25, -0.2) is 9.97 Å². The smallest absolute Gasteiger partial charge is 0.206 e. The largest absolute Gasteiger partial charge is 0.288 e. The Kier molecular flexibility index (Phi) is 4.27. The lowest BCUT2D eigenvalue weighted by molar-refractivity contribution is 0.104. The van der Waals surface area contributed by atoms with Crippen LogP contribution in [0.2, 0.25) is 0 Å². The Hall–Kier alpha value is -2.11. The van der Waals surface area contributed by atoms with Crippen LogP contribution in [-0.2, 0) is 0 Å². The van der Waals surface area contributed by atoms with Crippen molar-refractivity contribution in [2.45, 2.75) is 0 Å². The predicted molar refractivity (Wildman–Crippen MR) is 92.1 cm³/mol. The summed E-state index contributed by atoms with van der Waals surface area (Å²) in [6, 6.07) is 9.80. The Morgan fingerprint density at radius 2 is 1.86 bits per heavy atom. The van der Waals surface area contributed by atoms with Crippen molar-refractivity contribution in [2.24, 2.45) is 0 Å². The molecule has 0 saturated carbocycles. The molecule has 0 aliphatic heterocycles. The Balaban J connectivity index is 1.88. The van der Waals surface area contributed by atoms with E-state index < -0.39 is 0 Å². The summed E-state index contributed by atoms with van der Waals surface area (Å²) in [4.78, 5) is 20.8. The highest BCUT2D eigenvalue weighted by Crippen LogP contribution is 2.28. The first-order valence-electron chi connectivity index (χ1n) is 6.48. The van der Waals surface area contributed by atoms with Gasteiger partial charge in [-0.05, 0) is 40.3 Å². The second-order valence-electron chi connectivity index (χ2n) is 4.64. The monoisotopic (exact) mass is 370 g/mol. The van der Waals surface area contributed by atoms with Crippen molar-refractivity contribution in [2.75, 3.05) is 0 Å². The molecule has 0 aliphatic carbocycles. The molecule has 0 fully saturated rings. The first-order valence-corrected chi connectivity index (χ1v) is 8.16. The molecule has 5 heteroatoms. The van der Waals surface area contributed by atoms with E-state index in [0.717, 1.165) is 21.2 Å². The molecule has 0 unspecified atom stereocenters. The number of rotatable bonds is 4. The average molecular weight is 371 g/mol. The highest BCUT2D eigenvalue weighted by molar-refractivity contribution is 9.10. The predicted octanol–water partition coefficient (Wildman–Crippen LogP) is 4.59. The minimum atomic E-state index is -0.0705. The molecular formula is C17H11BrN2OS. The van der Waals surface area contributed by atoms with Gasteiger partial charge in [-0.15, -0.1) is 11.3 Å². The third-order valence-electron chi connectivity index (χ3n) is 3.17.